The molecule has 23 aliphatic rings. The molecular formula is C90H12F30O2. The van der Waals surface area contributed by atoms with Crippen LogP contribution in [0.5, 0.6) is 11.5 Å². The van der Waals surface area contributed by atoms with Crippen LogP contribution in [0.1, 0.15) is 134 Å². The quantitative estimate of drug-likeness (QED) is 0.0976. The second-order valence-electron chi connectivity index (χ2n) is 38.8. The Labute approximate surface area is 645 Å². The van der Waals surface area contributed by atoms with Gasteiger partial charge in [0.15, 0.2) is 0 Å². The average Bonchev–Trinajstić information content (AvgIpc) is 1.35. The summed E-state index contributed by atoms with van der Waals surface area (Å²) in [5, 5.41) is -28.8. The van der Waals surface area contributed by atoms with Gasteiger partial charge in [-0.1, -0.05) is 0 Å². The third kappa shape index (κ3) is 3.48. The van der Waals surface area contributed by atoms with Gasteiger partial charge in [0.2, 0.25) is 0 Å². The zero-order valence-corrected chi connectivity index (χ0v) is 58.7. The molecule has 0 radical (unpaired) electrons. The number of fused-ring (bicyclic) bond motifs is 1. The fraction of sp³-hybridized carbons (Fsp3) is 0.289. The van der Waals surface area contributed by atoms with Crippen molar-refractivity contribution in [2.75, 3.05) is 14.2 Å². The Hall–Kier alpha value is -10.8. The molecule has 2 nitrogen and oxygen atoms in total. The topological polar surface area (TPSA) is 18.5 Å². The number of hydrogen-bond acceptors (Lipinski definition) is 2. The Morgan fingerprint density at radius 2 is 0.557 bits per heavy atom. The van der Waals surface area contributed by atoms with Gasteiger partial charge in [-0.2, -0.15) is 132 Å². The van der Waals surface area contributed by atoms with Gasteiger partial charge in [0.25, 0.3) is 0 Å². The van der Waals surface area contributed by atoms with Crippen LogP contribution < -0.4 is 9.47 Å². The van der Waals surface area contributed by atoms with Crippen molar-refractivity contribution in [2.24, 2.45) is 0 Å². The highest BCUT2D eigenvalue weighted by molar-refractivity contribution is 6.65. The molecule has 0 aromatic heterocycles. The minimum Gasteiger partial charge on any atom is -0.496 e. The number of allylic oxidation sites excluding steroid dienone is 6. The molecule has 2 spiro atoms. The van der Waals surface area contributed by atoms with Gasteiger partial charge in [-0.15, -0.1) is 0 Å². The van der Waals surface area contributed by atoms with Gasteiger partial charge < -0.3 is 9.47 Å². The molecule has 0 saturated carbocycles. The van der Waals surface area contributed by atoms with Gasteiger partial charge in [-0.05, 0) is 343 Å². The fourth-order valence-corrected chi connectivity index (χ4v) is 38.5. The van der Waals surface area contributed by atoms with Crippen LogP contribution in [0.2, 0.25) is 0 Å². The lowest BCUT2D eigenvalue weighted by molar-refractivity contribution is -0.302. The molecule has 0 aliphatic heterocycles. The Kier molecular flexibility index (Phi) is 6.75. The molecule has 0 bridgehead atoms. The van der Waals surface area contributed by atoms with Gasteiger partial charge in [0.1, 0.15) is 65.6 Å². The van der Waals surface area contributed by atoms with Crippen LogP contribution in [0.15, 0.2) is 28.9 Å². The van der Waals surface area contributed by atoms with Crippen LogP contribution >= 0.6 is 0 Å². The largest absolute Gasteiger partial charge is 0.496 e. The van der Waals surface area contributed by atoms with E-state index in [-0.39, 0.29) is 0 Å². The fourth-order valence-electron chi connectivity index (χ4n) is 38.5. The molecule has 0 N–H and O–H groups in total. The SMILES string of the molecule is COc1ccc(OC)c2c1CC13c4c5c6c7c8c9c%10c%11c%12c%13c%14c%15c%16c%17c%18c%19c%20c%21c(c1c1c4c7c4c8c(c%10%13)c(c%17%14)c%19c4c1%20)-c1c4c7c8c%10c%13c%14c%17c8c1C3(C2)C%17(C(F)(F)F)C5(C(F)(F)F)C1=C%14C2(C(F)(F)F)C(=C9C16C(F)(F)F)C%11(C(F)(F)F)c1c2c-%13c2c-%10c3c(c5c2c1C%12(C(F)(F)F)C5%15C(F)(F)F)C%16(C(F)(F)F)C(=C%18C4%21C(F)(F)F)C37C(F)(F)F. The molecule has 594 valence electrons. The zero-order chi connectivity index (χ0) is 83.0. The van der Waals surface area contributed by atoms with Gasteiger partial charge in [-0.3, -0.25) is 0 Å². The number of ether oxygens (including phenoxy) is 2. The standard InChI is InChI=1S/C90H12F30O2/c1-121-9-3-4-10(122-2)8-6-70-45-41-38-23-24-29-25-28(23)52-63-58-40(25)59-64-53(29)73(83(97,98)99)62-39(24)47(41)80(70,90(118,119)120)79(89(115,116)117)65-48-31-19-13-11-12-15-16-14(13)20-27(19)54(65)74(68(62)79,84(100,101)102)61-37(20)33-22(16)35-34-21(15)32-36-18(12)26-17(11)30(31)44(69(48,70)5-7(8)9)42-43(45)55-49(38)72(52,82(94,95)96)66(60(36)71(55,46(26)42)81(91,92)93)75(63,85(103,104)105)50(32)56(34)77(58,87(109,110)111)78(59,88(112,113)114)57(35)51(33)76(64,67(61)73)86(106,107)108/h3-4H,5-6H2,1-2H3. The monoisotopic (exact) mass is 1690 g/mol. The van der Waals surface area contributed by atoms with Gasteiger partial charge in [0, 0.05) is 22.0 Å². The van der Waals surface area contributed by atoms with E-state index in [1.54, 1.807) is 0 Å². The highest BCUT2D eigenvalue weighted by Crippen LogP contribution is 3.04. The number of methoxy groups -OCH3 is 2. The van der Waals surface area contributed by atoms with E-state index in [1.165, 1.54) is 0 Å². The van der Waals surface area contributed by atoms with Crippen LogP contribution in [0.4, 0.5) is 132 Å². The predicted molar refractivity (Wildman–Crippen MR) is 367 cm³/mol. The van der Waals surface area contributed by atoms with Crippen LogP contribution in [0.3, 0.4) is 0 Å². The van der Waals surface area contributed by atoms with Crippen LogP contribution in [0.25, 0.3) is 179 Å². The lowest BCUT2D eigenvalue weighted by Gasteiger charge is -2.72. The van der Waals surface area contributed by atoms with Crippen molar-refractivity contribution in [3.05, 3.63) is 162 Å². The van der Waals surface area contributed by atoms with Crippen molar-refractivity contribution in [2.45, 2.75) is 140 Å². The predicted octanol–water partition coefficient (Wildman–Crippen LogP) is 24.2. The second-order valence-corrected chi connectivity index (χ2v) is 38.8. The number of hydrogen-bond donors (Lipinski definition) is 0. The summed E-state index contributed by atoms with van der Waals surface area (Å²) < 4.78 is 628. The van der Waals surface area contributed by atoms with E-state index in [0.717, 1.165) is 26.4 Å². The molecular weight excluding hydrogens is 1680 g/mol. The van der Waals surface area contributed by atoms with Crippen LogP contribution in [-0.4, -0.2) is 76.0 Å². The second kappa shape index (κ2) is 13.4. The van der Waals surface area contributed by atoms with E-state index in [0.29, 0.717) is 0 Å². The molecule has 122 heavy (non-hydrogen) atoms. The van der Waals surface area contributed by atoms with E-state index in [9.17, 15) is 0 Å². The Balaban J connectivity index is 1.02. The Bertz CT molecular complexity index is 9280. The van der Waals surface area contributed by atoms with E-state index < -0.39 is 481 Å². The summed E-state index contributed by atoms with van der Waals surface area (Å²) in [6, 6.07) is 2.16. The van der Waals surface area contributed by atoms with Crippen molar-refractivity contribution in [1.82, 2.24) is 0 Å². The van der Waals surface area contributed by atoms with Crippen molar-refractivity contribution in [3.8, 4) is 44.9 Å². The number of benzene rings is 12. The summed E-state index contributed by atoms with van der Waals surface area (Å²) in [7, 11) is 1.89. The summed E-state index contributed by atoms with van der Waals surface area (Å²) in [5.41, 5.74) is -138. The molecule has 23 aliphatic carbocycles. The van der Waals surface area contributed by atoms with Gasteiger partial charge >= 0.3 is 61.8 Å². The molecule has 12 atom stereocenters. The molecule has 16 aromatic carbocycles. The van der Waals surface area contributed by atoms with E-state index in [1.807, 2.05) is 0 Å². The lowest BCUT2D eigenvalue weighted by Crippen LogP contribution is -2.82. The summed E-state index contributed by atoms with van der Waals surface area (Å²) >= 11 is 0. The minimum atomic E-state index is -7.49. The van der Waals surface area contributed by atoms with Crippen molar-refractivity contribution in [1.29, 1.82) is 0 Å². The molecule has 32 heteroatoms. The van der Waals surface area contributed by atoms with Gasteiger partial charge in [0.05, 0.1) is 14.2 Å². The van der Waals surface area contributed by atoms with Crippen molar-refractivity contribution in [3.63, 3.8) is 0 Å². The zero-order valence-electron chi connectivity index (χ0n) is 58.7. The van der Waals surface area contributed by atoms with Crippen LogP contribution in [0, 0.1) is 0 Å². The highest BCUT2D eigenvalue weighted by atomic mass is 19.4. The van der Waals surface area contributed by atoms with E-state index in [4.69, 9.17) is 9.47 Å². The normalized spacial score (nSPS) is 34.3. The maximum atomic E-state index is 21.3. The summed E-state index contributed by atoms with van der Waals surface area (Å²) in [4.78, 5) is 0. The van der Waals surface area contributed by atoms with Crippen molar-refractivity contribution < 1.29 is 141 Å². The Morgan fingerprint density at radius 1 is 0.213 bits per heavy atom. The van der Waals surface area contributed by atoms with Crippen LogP contribution in [-0.2, 0) is 77.8 Å². The highest BCUT2D eigenvalue weighted by Gasteiger charge is 3.05. The maximum absolute atomic E-state index is 21.3. The lowest BCUT2D eigenvalue weighted by atomic mass is 9.28. The first kappa shape index (κ1) is 61.5. The third-order valence-electron chi connectivity index (χ3n) is 38.3. The van der Waals surface area contributed by atoms with Crippen molar-refractivity contribution >= 4 is 146 Å². The molecule has 39 rings (SSSR count). The summed E-state index contributed by atoms with van der Waals surface area (Å²) in [6.07, 6.45) is -75.3. The first-order chi connectivity index (χ1) is 57.0. The van der Waals surface area contributed by atoms with E-state index in [2.05, 4.69) is 0 Å². The smallest absolute Gasteiger partial charge is 0.406 e. The van der Waals surface area contributed by atoms with Gasteiger partial charge in [-0.25, -0.2) is 0 Å². The minimum absolute atomic E-state index is 0.390. The number of halogens is 30. The third-order valence-corrected chi connectivity index (χ3v) is 38.3. The molecule has 0 amide bonds. The summed E-state index contributed by atoms with van der Waals surface area (Å²) in [6.45, 7) is 0. The molecule has 0 fully saturated rings. The molecule has 16 aromatic rings. The average molecular weight is 1700 g/mol. The first-order valence-corrected chi connectivity index (χ1v) is 38.7. The van der Waals surface area contributed by atoms with E-state index >= 15 is 132 Å². The maximum Gasteiger partial charge on any atom is 0.406 e. The molecule has 0 saturated heterocycles. The summed E-state index contributed by atoms with van der Waals surface area (Å²) in [5.74, 6) is -1.03. The molecule has 12 unspecified atom stereocenters. The Morgan fingerprint density at radius 3 is 1.05 bits per heavy atom. The number of alkyl halides is 30. The number of rotatable bonds is 2. The first-order valence-electron chi connectivity index (χ1n) is 38.7. The molecule has 0 heterocycles.